The van der Waals surface area contributed by atoms with Crippen LogP contribution in [-0.2, 0) is 11.2 Å². The standard InChI is InChI=1S/C21H23N3OS/c1-4-16-5-7-17(8-6-16)19-12-21(24-23-19)26-13-20(25)22-18-10-14(2)9-15(3)11-18/h5-11H,4,12-13H2,1-3H3,(H,22,25). The third-order valence-corrected chi connectivity index (χ3v) is 5.14. The van der Waals surface area contributed by atoms with E-state index in [1.54, 1.807) is 0 Å². The zero-order valence-electron chi connectivity index (χ0n) is 15.4. The summed E-state index contributed by atoms with van der Waals surface area (Å²) in [6, 6.07) is 14.5. The summed E-state index contributed by atoms with van der Waals surface area (Å²) in [5, 5.41) is 12.3. The van der Waals surface area contributed by atoms with E-state index < -0.39 is 0 Å². The van der Waals surface area contributed by atoms with Crippen LogP contribution in [0.1, 0.15) is 35.6 Å². The van der Waals surface area contributed by atoms with E-state index in [2.05, 4.69) is 52.8 Å². The van der Waals surface area contributed by atoms with Gasteiger partial charge in [0.15, 0.2) is 0 Å². The molecule has 0 aromatic heterocycles. The van der Waals surface area contributed by atoms with Gasteiger partial charge in [-0.05, 0) is 54.7 Å². The summed E-state index contributed by atoms with van der Waals surface area (Å²) in [5.41, 5.74) is 6.49. The number of anilines is 1. The van der Waals surface area contributed by atoms with E-state index in [9.17, 15) is 4.79 Å². The van der Waals surface area contributed by atoms with Crippen molar-refractivity contribution in [3.05, 3.63) is 64.7 Å². The number of nitrogens with zero attached hydrogens (tertiary/aromatic N) is 2. The molecule has 1 N–H and O–H groups in total. The van der Waals surface area contributed by atoms with Gasteiger partial charge in [0.1, 0.15) is 5.04 Å². The fraction of sp³-hybridized carbons (Fsp3) is 0.286. The van der Waals surface area contributed by atoms with Crippen LogP contribution in [0, 0.1) is 13.8 Å². The smallest absolute Gasteiger partial charge is 0.234 e. The first-order chi connectivity index (χ1) is 12.5. The number of carbonyl (C=O) groups excluding carboxylic acids is 1. The highest BCUT2D eigenvalue weighted by atomic mass is 32.2. The van der Waals surface area contributed by atoms with Crippen LogP contribution in [0.5, 0.6) is 0 Å². The van der Waals surface area contributed by atoms with Gasteiger partial charge in [0.05, 0.1) is 11.5 Å². The Bertz CT molecular complexity index is 849. The maximum absolute atomic E-state index is 12.2. The maximum atomic E-state index is 12.2. The Morgan fingerprint density at radius 3 is 2.42 bits per heavy atom. The largest absolute Gasteiger partial charge is 0.325 e. The number of hydrogen-bond acceptors (Lipinski definition) is 4. The van der Waals surface area contributed by atoms with Crippen molar-refractivity contribution >= 4 is 34.1 Å². The minimum atomic E-state index is -0.0246. The van der Waals surface area contributed by atoms with Crippen molar-refractivity contribution in [1.82, 2.24) is 0 Å². The zero-order chi connectivity index (χ0) is 18.5. The second-order valence-corrected chi connectivity index (χ2v) is 7.53. The Labute approximate surface area is 158 Å². The Morgan fingerprint density at radius 1 is 1.08 bits per heavy atom. The molecule has 1 heterocycles. The lowest BCUT2D eigenvalue weighted by atomic mass is 10.1. The molecule has 1 amide bonds. The van der Waals surface area contributed by atoms with E-state index in [-0.39, 0.29) is 5.91 Å². The third-order valence-electron chi connectivity index (χ3n) is 4.17. The molecule has 3 rings (SSSR count). The van der Waals surface area contributed by atoms with Crippen molar-refractivity contribution in [3.63, 3.8) is 0 Å². The van der Waals surface area contributed by atoms with Crippen LogP contribution in [0.2, 0.25) is 0 Å². The van der Waals surface area contributed by atoms with Crippen molar-refractivity contribution in [1.29, 1.82) is 0 Å². The van der Waals surface area contributed by atoms with Gasteiger partial charge < -0.3 is 5.32 Å². The summed E-state index contributed by atoms with van der Waals surface area (Å²) in [7, 11) is 0. The highest BCUT2D eigenvalue weighted by molar-refractivity contribution is 8.14. The molecule has 1 aliphatic rings. The van der Waals surface area contributed by atoms with Crippen LogP contribution in [0.3, 0.4) is 0 Å². The fourth-order valence-corrected chi connectivity index (χ4v) is 3.60. The van der Waals surface area contributed by atoms with Crippen molar-refractivity contribution in [2.75, 3.05) is 11.1 Å². The highest BCUT2D eigenvalue weighted by Crippen LogP contribution is 2.20. The molecule has 26 heavy (non-hydrogen) atoms. The van der Waals surface area contributed by atoms with Gasteiger partial charge in [0.2, 0.25) is 5.91 Å². The van der Waals surface area contributed by atoms with E-state index in [1.165, 1.54) is 17.3 Å². The van der Waals surface area contributed by atoms with Crippen LogP contribution < -0.4 is 5.32 Å². The van der Waals surface area contributed by atoms with Crippen LogP contribution in [0.4, 0.5) is 5.69 Å². The Hall–Kier alpha value is -2.40. The average molecular weight is 366 g/mol. The molecular weight excluding hydrogens is 342 g/mol. The predicted molar refractivity (Wildman–Crippen MR) is 111 cm³/mol. The first-order valence-electron chi connectivity index (χ1n) is 8.77. The molecule has 5 heteroatoms. The summed E-state index contributed by atoms with van der Waals surface area (Å²) < 4.78 is 0. The van der Waals surface area contributed by atoms with E-state index in [4.69, 9.17) is 0 Å². The number of aryl methyl sites for hydroxylation is 3. The summed E-state index contributed by atoms with van der Waals surface area (Å²) in [6.45, 7) is 6.19. The molecule has 134 valence electrons. The molecule has 0 unspecified atom stereocenters. The van der Waals surface area contributed by atoms with Crippen molar-refractivity contribution in [2.45, 2.75) is 33.6 Å². The van der Waals surface area contributed by atoms with Gasteiger partial charge in [-0.1, -0.05) is 49.0 Å². The zero-order valence-corrected chi connectivity index (χ0v) is 16.2. The van der Waals surface area contributed by atoms with Gasteiger partial charge in [-0.15, -0.1) is 5.10 Å². The van der Waals surface area contributed by atoms with Crippen LogP contribution in [-0.4, -0.2) is 22.4 Å². The molecule has 1 aliphatic heterocycles. The predicted octanol–water partition coefficient (Wildman–Crippen LogP) is 4.74. The van der Waals surface area contributed by atoms with Gasteiger partial charge in [0, 0.05) is 12.1 Å². The van der Waals surface area contributed by atoms with Gasteiger partial charge in [0.25, 0.3) is 0 Å². The van der Waals surface area contributed by atoms with E-state index in [1.807, 2.05) is 26.0 Å². The normalized spacial score (nSPS) is 13.3. The third kappa shape index (κ3) is 4.82. The maximum Gasteiger partial charge on any atom is 0.234 e. The van der Waals surface area contributed by atoms with Crippen LogP contribution in [0.15, 0.2) is 52.7 Å². The first kappa shape index (κ1) is 18.4. The van der Waals surface area contributed by atoms with Crippen molar-refractivity contribution < 1.29 is 4.79 Å². The van der Waals surface area contributed by atoms with Gasteiger partial charge in [-0.25, -0.2) is 0 Å². The number of rotatable bonds is 5. The van der Waals surface area contributed by atoms with Crippen LogP contribution >= 0.6 is 11.8 Å². The van der Waals surface area contributed by atoms with E-state index >= 15 is 0 Å². The lowest BCUT2D eigenvalue weighted by molar-refractivity contribution is -0.113. The molecular formula is C21H23N3OS. The minimum absolute atomic E-state index is 0.0246. The monoisotopic (exact) mass is 365 g/mol. The lowest BCUT2D eigenvalue weighted by Gasteiger charge is -2.07. The molecule has 0 saturated heterocycles. The Kier molecular flexibility index (Phi) is 5.89. The molecule has 2 aromatic rings. The molecule has 0 saturated carbocycles. The number of amides is 1. The number of carbonyl (C=O) groups is 1. The molecule has 0 fully saturated rings. The number of hydrogen-bond donors (Lipinski definition) is 1. The summed E-state index contributed by atoms with van der Waals surface area (Å²) in [5.74, 6) is 0.312. The van der Waals surface area contributed by atoms with Crippen LogP contribution in [0.25, 0.3) is 0 Å². The second-order valence-electron chi connectivity index (χ2n) is 6.48. The topological polar surface area (TPSA) is 53.8 Å². The first-order valence-corrected chi connectivity index (χ1v) is 9.75. The van der Waals surface area contributed by atoms with Crippen molar-refractivity contribution in [3.8, 4) is 0 Å². The summed E-state index contributed by atoms with van der Waals surface area (Å²) >= 11 is 1.45. The van der Waals surface area contributed by atoms with Crippen molar-refractivity contribution in [2.24, 2.45) is 10.2 Å². The summed E-state index contributed by atoms with van der Waals surface area (Å²) in [4.78, 5) is 12.2. The number of nitrogens with one attached hydrogen (secondary N) is 1. The van der Waals surface area contributed by atoms with Gasteiger partial charge >= 0.3 is 0 Å². The summed E-state index contributed by atoms with van der Waals surface area (Å²) in [6.07, 6.45) is 1.72. The van der Waals surface area contributed by atoms with Gasteiger partial charge in [-0.3, -0.25) is 4.79 Å². The molecule has 0 atom stereocenters. The number of thioether (sulfide) groups is 1. The lowest BCUT2D eigenvalue weighted by Crippen LogP contribution is -2.15. The number of benzene rings is 2. The highest BCUT2D eigenvalue weighted by Gasteiger charge is 2.16. The quantitative estimate of drug-likeness (QED) is 0.832. The Morgan fingerprint density at radius 2 is 1.77 bits per heavy atom. The molecule has 2 aromatic carbocycles. The minimum Gasteiger partial charge on any atom is -0.325 e. The molecule has 0 radical (unpaired) electrons. The molecule has 0 aliphatic carbocycles. The van der Waals surface area contributed by atoms with E-state index in [0.29, 0.717) is 12.2 Å². The average Bonchev–Trinajstić information content (AvgIpc) is 3.08. The second kappa shape index (κ2) is 8.32. The molecule has 4 nitrogen and oxygen atoms in total. The van der Waals surface area contributed by atoms with E-state index in [0.717, 1.165) is 39.6 Å². The Balaban J connectivity index is 1.49. The SMILES string of the molecule is CCc1ccc(C2=NN=C(SCC(=O)Nc3cc(C)cc(C)c3)C2)cc1. The molecule has 0 spiro atoms. The van der Waals surface area contributed by atoms with Gasteiger partial charge in [-0.2, -0.15) is 5.10 Å². The fourth-order valence-electron chi connectivity index (χ4n) is 2.90. The molecule has 0 bridgehead atoms.